The van der Waals surface area contributed by atoms with Crippen LogP contribution in [0.5, 0.6) is 23.0 Å². The lowest BCUT2D eigenvalue weighted by atomic mass is 10.2. The highest BCUT2D eigenvalue weighted by atomic mass is 16.5. The fourth-order valence-electron chi connectivity index (χ4n) is 3.86. The van der Waals surface area contributed by atoms with Crippen molar-refractivity contribution >= 4 is 23.2 Å². The van der Waals surface area contributed by atoms with Crippen LogP contribution in [0.4, 0.5) is 11.4 Å². The molecule has 6 heteroatoms. The van der Waals surface area contributed by atoms with Crippen molar-refractivity contribution in [1.82, 2.24) is 0 Å². The molecule has 178 valence electrons. The summed E-state index contributed by atoms with van der Waals surface area (Å²) in [6.45, 7) is 3.92. The summed E-state index contributed by atoms with van der Waals surface area (Å²) >= 11 is 0. The SMILES string of the molecule is C=C1C(C(=O)Nc2ccc(Oc3ccccc3)cc2)[C@@H]1C(=O)Nc1ccc(Oc2ccccc2)cc1. The Balaban J connectivity index is 1.13. The molecule has 2 atom stereocenters. The summed E-state index contributed by atoms with van der Waals surface area (Å²) < 4.78 is 11.5. The second kappa shape index (κ2) is 10.2. The molecular formula is C30H24N2O4. The number of hydrogen-bond acceptors (Lipinski definition) is 4. The topological polar surface area (TPSA) is 76.7 Å². The minimum Gasteiger partial charge on any atom is -0.457 e. The van der Waals surface area contributed by atoms with Gasteiger partial charge in [0.2, 0.25) is 11.8 Å². The molecule has 5 rings (SSSR count). The molecule has 0 aliphatic heterocycles. The molecule has 0 radical (unpaired) electrons. The van der Waals surface area contributed by atoms with Crippen molar-refractivity contribution < 1.29 is 19.1 Å². The largest absolute Gasteiger partial charge is 0.457 e. The molecule has 0 bridgehead atoms. The van der Waals surface area contributed by atoms with Crippen LogP contribution in [0.3, 0.4) is 0 Å². The van der Waals surface area contributed by atoms with E-state index in [1.54, 1.807) is 48.5 Å². The van der Waals surface area contributed by atoms with Crippen LogP contribution in [0, 0.1) is 11.8 Å². The molecule has 0 saturated heterocycles. The van der Waals surface area contributed by atoms with Gasteiger partial charge in [-0.05, 0) is 72.8 Å². The number of amides is 2. The normalized spacial score (nSPS) is 16.1. The van der Waals surface area contributed by atoms with Gasteiger partial charge in [-0.1, -0.05) is 48.6 Å². The number of carbonyl (C=O) groups is 2. The summed E-state index contributed by atoms with van der Waals surface area (Å²) in [5.41, 5.74) is 1.83. The molecule has 0 spiro atoms. The van der Waals surface area contributed by atoms with Crippen LogP contribution >= 0.6 is 0 Å². The van der Waals surface area contributed by atoms with Crippen LogP contribution < -0.4 is 20.1 Å². The lowest BCUT2D eigenvalue weighted by molar-refractivity contribution is -0.122. The molecule has 1 saturated carbocycles. The molecule has 36 heavy (non-hydrogen) atoms. The van der Waals surface area contributed by atoms with Crippen LogP contribution in [0.15, 0.2) is 121 Å². The Kier molecular flexibility index (Phi) is 6.49. The highest BCUT2D eigenvalue weighted by molar-refractivity contribution is 6.08. The van der Waals surface area contributed by atoms with E-state index in [2.05, 4.69) is 17.2 Å². The van der Waals surface area contributed by atoms with E-state index in [-0.39, 0.29) is 11.8 Å². The van der Waals surface area contributed by atoms with E-state index < -0.39 is 11.8 Å². The standard InChI is InChI=1S/C30H24N2O4/c1-20-27(29(33)31-21-12-16-25(17-13-21)35-23-8-4-2-5-9-23)28(20)30(34)32-22-14-18-26(19-15-22)36-24-10-6-3-7-11-24/h2-19,27-28H,1H2,(H,31,33)(H,32,34)/t27-,28?/m1/s1. The minimum atomic E-state index is -0.564. The summed E-state index contributed by atoms with van der Waals surface area (Å²) in [6, 6.07) is 33.0. The Morgan fingerprint density at radius 2 is 0.861 bits per heavy atom. The number of benzene rings is 4. The van der Waals surface area contributed by atoms with Gasteiger partial charge in [0.15, 0.2) is 0 Å². The number of anilines is 2. The number of para-hydroxylation sites is 2. The monoisotopic (exact) mass is 476 g/mol. The Morgan fingerprint density at radius 1 is 0.528 bits per heavy atom. The highest BCUT2D eigenvalue weighted by Gasteiger charge is 2.52. The van der Waals surface area contributed by atoms with Crippen LogP contribution in [0.2, 0.25) is 0 Å². The van der Waals surface area contributed by atoms with Crippen molar-refractivity contribution in [2.24, 2.45) is 11.8 Å². The molecule has 4 aromatic rings. The van der Waals surface area contributed by atoms with Crippen LogP contribution in [0.1, 0.15) is 0 Å². The molecule has 0 aromatic heterocycles. The van der Waals surface area contributed by atoms with Gasteiger partial charge in [0, 0.05) is 11.4 Å². The molecule has 0 heterocycles. The maximum Gasteiger partial charge on any atom is 0.232 e. The van der Waals surface area contributed by atoms with E-state index in [0.717, 1.165) is 11.5 Å². The van der Waals surface area contributed by atoms with E-state index in [4.69, 9.17) is 9.47 Å². The Labute approximate surface area is 209 Å². The molecule has 1 aliphatic rings. The first-order valence-corrected chi connectivity index (χ1v) is 11.5. The second-order valence-electron chi connectivity index (χ2n) is 8.39. The number of ether oxygens (including phenoxy) is 2. The molecule has 1 aliphatic carbocycles. The van der Waals surface area contributed by atoms with Gasteiger partial charge in [-0.3, -0.25) is 9.59 Å². The number of nitrogens with one attached hydrogen (secondary N) is 2. The van der Waals surface area contributed by atoms with Gasteiger partial charge in [0.1, 0.15) is 23.0 Å². The van der Waals surface area contributed by atoms with E-state index >= 15 is 0 Å². The number of hydrogen-bond donors (Lipinski definition) is 2. The van der Waals surface area contributed by atoms with Crippen molar-refractivity contribution in [2.75, 3.05) is 10.6 Å². The molecular weight excluding hydrogens is 452 g/mol. The highest BCUT2D eigenvalue weighted by Crippen LogP contribution is 2.45. The zero-order valence-corrected chi connectivity index (χ0v) is 19.4. The molecule has 2 N–H and O–H groups in total. The summed E-state index contributed by atoms with van der Waals surface area (Å²) in [7, 11) is 0. The first-order valence-electron chi connectivity index (χ1n) is 11.5. The fraction of sp³-hybridized carbons (Fsp3) is 0.0667. The first kappa shape index (κ1) is 22.9. The number of carbonyl (C=O) groups excluding carboxylic acids is 2. The third-order valence-electron chi connectivity index (χ3n) is 5.79. The Bertz CT molecular complexity index is 1260. The summed E-state index contributed by atoms with van der Waals surface area (Å²) in [5.74, 6) is 1.13. The number of rotatable bonds is 8. The molecule has 2 amide bonds. The Hall–Kier alpha value is -4.84. The third kappa shape index (κ3) is 5.45. The van der Waals surface area contributed by atoms with Gasteiger partial charge in [-0.2, -0.15) is 0 Å². The van der Waals surface area contributed by atoms with Gasteiger partial charge in [0.05, 0.1) is 11.8 Å². The summed E-state index contributed by atoms with van der Waals surface area (Å²) in [5, 5.41) is 5.71. The van der Waals surface area contributed by atoms with Gasteiger partial charge in [-0.25, -0.2) is 0 Å². The van der Waals surface area contributed by atoms with Crippen molar-refractivity contribution in [3.63, 3.8) is 0 Å². The molecule has 4 aromatic carbocycles. The zero-order chi connectivity index (χ0) is 24.9. The molecule has 1 unspecified atom stereocenters. The van der Waals surface area contributed by atoms with Crippen molar-refractivity contribution in [1.29, 1.82) is 0 Å². The summed E-state index contributed by atoms with van der Waals surface area (Å²) in [6.07, 6.45) is 0. The predicted octanol–water partition coefficient (Wildman–Crippen LogP) is 6.65. The second-order valence-corrected chi connectivity index (χ2v) is 8.39. The maximum absolute atomic E-state index is 12.7. The Morgan fingerprint density at radius 3 is 1.22 bits per heavy atom. The first-order chi connectivity index (χ1) is 17.6. The van der Waals surface area contributed by atoms with Gasteiger partial charge < -0.3 is 20.1 Å². The zero-order valence-electron chi connectivity index (χ0n) is 19.4. The lowest BCUT2D eigenvalue weighted by Gasteiger charge is -2.09. The predicted molar refractivity (Wildman–Crippen MR) is 139 cm³/mol. The summed E-state index contributed by atoms with van der Waals surface area (Å²) in [4.78, 5) is 25.5. The van der Waals surface area contributed by atoms with Gasteiger partial charge in [-0.15, -0.1) is 0 Å². The van der Waals surface area contributed by atoms with Gasteiger partial charge in [0.25, 0.3) is 0 Å². The fourth-order valence-corrected chi connectivity index (χ4v) is 3.86. The van der Waals surface area contributed by atoms with Crippen LogP contribution in [-0.4, -0.2) is 11.8 Å². The van der Waals surface area contributed by atoms with Crippen LogP contribution in [-0.2, 0) is 9.59 Å². The minimum absolute atomic E-state index is 0.261. The average molecular weight is 477 g/mol. The maximum atomic E-state index is 12.7. The van der Waals surface area contributed by atoms with Crippen molar-refractivity contribution in [2.45, 2.75) is 0 Å². The lowest BCUT2D eigenvalue weighted by Crippen LogP contribution is -2.20. The smallest absolute Gasteiger partial charge is 0.232 e. The van der Waals surface area contributed by atoms with Crippen molar-refractivity contribution in [3.05, 3.63) is 121 Å². The third-order valence-corrected chi connectivity index (χ3v) is 5.79. The van der Waals surface area contributed by atoms with Crippen LogP contribution in [0.25, 0.3) is 0 Å². The van der Waals surface area contributed by atoms with E-state index in [1.165, 1.54) is 0 Å². The van der Waals surface area contributed by atoms with Gasteiger partial charge >= 0.3 is 0 Å². The molecule has 1 fully saturated rings. The van der Waals surface area contributed by atoms with E-state index in [0.29, 0.717) is 28.4 Å². The van der Waals surface area contributed by atoms with E-state index in [1.807, 2.05) is 60.7 Å². The molecule has 6 nitrogen and oxygen atoms in total. The van der Waals surface area contributed by atoms with E-state index in [9.17, 15) is 9.59 Å². The average Bonchev–Trinajstić information content (AvgIpc) is 3.59. The van der Waals surface area contributed by atoms with Crippen molar-refractivity contribution in [3.8, 4) is 23.0 Å². The quantitative estimate of drug-likeness (QED) is 0.279.